The summed E-state index contributed by atoms with van der Waals surface area (Å²) in [5.41, 5.74) is 1.04. The van der Waals surface area contributed by atoms with Gasteiger partial charge in [0.15, 0.2) is 15.8 Å². The Kier molecular flexibility index (Phi) is 3.79. The minimum atomic E-state index is 0.798. The van der Waals surface area contributed by atoms with Crippen molar-refractivity contribution >= 4 is 27.8 Å². The maximum Gasteiger partial charge on any atom is 0.206 e. The second-order valence-corrected chi connectivity index (χ2v) is 6.04. The van der Waals surface area contributed by atoms with Gasteiger partial charge in [-0.05, 0) is 25.5 Å². The molecule has 0 spiro atoms. The molecule has 0 fully saturated rings. The van der Waals surface area contributed by atoms with E-state index < -0.39 is 0 Å². The number of aromatic nitrogens is 3. The predicted molar refractivity (Wildman–Crippen MR) is 82.3 cm³/mol. The molecule has 104 valence electrons. The van der Waals surface area contributed by atoms with Crippen LogP contribution in [0.25, 0.3) is 20.7 Å². The van der Waals surface area contributed by atoms with E-state index in [0.717, 1.165) is 44.4 Å². The SMILES string of the molecule is CCNc1nnc(-c2sc(-c3ccco3)nc2CC)s1. The lowest BCUT2D eigenvalue weighted by molar-refractivity contribution is 0.581. The monoisotopic (exact) mass is 306 g/mol. The fraction of sp³-hybridized carbons (Fsp3) is 0.308. The third kappa shape index (κ3) is 2.46. The summed E-state index contributed by atoms with van der Waals surface area (Å²) in [6.45, 7) is 4.98. The summed E-state index contributed by atoms with van der Waals surface area (Å²) in [6, 6.07) is 3.79. The summed E-state index contributed by atoms with van der Waals surface area (Å²) in [4.78, 5) is 5.73. The average Bonchev–Trinajstić information content (AvgIpc) is 3.18. The molecule has 0 amide bonds. The van der Waals surface area contributed by atoms with E-state index in [2.05, 4.69) is 27.4 Å². The van der Waals surface area contributed by atoms with E-state index in [9.17, 15) is 0 Å². The molecule has 0 bridgehead atoms. The largest absolute Gasteiger partial charge is 0.462 e. The van der Waals surface area contributed by atoms with Crippen LogP contribution in [0, 0.1) is 0 Å². The van der Waals surface area contributed by atoms with Crippen LogP contribution in [-0.4, -0.2) is 21.7 Å². The summed E-state index contributed by atoms with van der Waals surface area (Å²) in [5, 5.41) is 14.2. The average molecular weight is 306 g/mol. The van der Waals surface area contributed by atoms with Crippen molar-refractivity contribution in [3.63, 3.8) is 0 Å². The standard InChI is InChI=1S/C13H14N4OS2/c1-3-8-10(12-16-17-13(20-12)14-4-2)19-11(15-8)9-6-5-7-18-9/h5-7H,3-4H2,1-2H3,(H,14,17). The first-order valence-corrected chi connectivity index (χ1v) is 8.06. The van der Waals surface area contributed by atoms with Crippen LogP contribution in [-0.2, 0) is 6.42 Å². The maximum absolute atomic E-state index is 5.41. The predicted octanol–water partition coefficient (Wildman–Crippen LogP) is 3.92. The molecule has 0 aliphatic rings. The van der Waals surface area contributed by atoms with Crippen LogP contribution in [0.2, 0.25) is 0 Å². The Morgan fingerprint density at radius 3 is 2.80 bits per heavy atom. The number of nitrogens with one attached hydrogen (secondary N) is 1. The third-order valence-corrected chi connectivity index (χ3v) is 4.86. The molecular formula is C13H14N4OS2. The Bertz CT molecular complexity index is 687. The van der Waals surface area contributed by atoms with Gasteiger partial charge >= 0.3 is 0 Å². The molecule has 3 rings (SSSR count). The second-order valence-electron chi connectivity index (χ2n) is 4.07. The van der Waals surface area contributed by atoms with Gasteiger partial charge < -0.3 is 9.73 Å². The van der Waals surface area contributed by atoms with Gasteiger partial charge in [0, 0.05) is 6.54 Å². The van der Waals surface area contributed by atoms with Crippen LogP contribution in [0.15, 0.2) is 22.8 Å². The highest BCUT2D eigenvalue weighted by atomic mass is 32.1. The quantitative estimate of drug-likeness (QED) is 0.774. The Labute approximate surface area is 124 Å². The van der Waals surface area contributed by atoms with Crippen molar-refractivity contribution in [3.8, 4) is 20.7 Å². The van der Waals surface area contributed by atoms with Crippen LogP contribution < -0.4 is 5.32 Å². The van der Waals surface area contributed by atoms with Gasteiger partial charge in [-0.1, -0.05) is 18.3 Å². The molecule has 0 unspecified atom stereocenters. The highest BCUT2D eigenvalue weighted by Gasteiger charge is 2.17. The maximum atomic E-state index is 5.41. The lowest BCUT2D eigenvalue weighted by Crippen LogP contribution is -1.94. The first-order valence-electron chi connectivity index (χ1n) is 6.43. The molecule has 0 aromatic carbocycles. The van der Waals surface area contributed by atoms with Crippen LogP contribution in [0.5, 0.6) is 0 Å². The molecule has 5 nitrogen and oxygen atoms in total. The van der Waals surface area contributed by atoms with Gasteiger partial charge in [0.05, 0.1) is 16.8 Å². The Morgan fingerprint density at radius 2 is 2.10 bits per heavy atom. The number of hydrogen-bond donors (Lipinski definition) is 1. The van der Waals surface area contributed by atoms with Gasteiger partial charge in [0.1, 0.15) is 0 Å². The van der Waals surface area contributed by atoms with Crippen LogP contribution >= 0.6 is 22.7 Å². The topological polar surface area (TPSA) is 63.8 Å². The van der Waals surface area contributed by atoms with Crippen molar-refractivity contribution < 1.29 is 4.42 Å². The highest BCUT2D eigenvalue weighted by Crippen LogP contribution is 2.38. The summed E-state index contributed by atoms with van der Waals surface area (Å²) in [7, 11) is 0. The number of nitrogens with zero attached hydrogens (tertiary/aromatic N) is 3. The van der Waals surface area contributed by atoms with Gasteiger partial charge in [0.25, 0.3) is 0 Å². The van der Waals surface area contributed by atoms with E-state index >= 15 is 0 Å². The van der Waals surface area contributed by atoms with Crippen LogP contribution in [0.3, 0.4) is 0 Å². The fourth-order valence-corrected chi connectivity index (χ4v) is 3.83. The molecule has 7 heteroatoms. The van der Waals surface area contributed by atoms with Gasteiger partial charge in [-0.3, -0.25) is 0 Å². The van der Waals surface area contributed by atoms with E-state index in [4.69, 9.17) is 4.42 Å². The van der Waals surface area contributed by atoms with E-state index in [-0.39, 0.29) is 0 Å². The highest BCUT2D eigenvalue weighted by molar-refractivity contribution is 7.24. The van der Waals surface area contributed by atoms with Gasteiger partial charge in [0.2, 0.25) is 5.13 Å². The van der Waals surface area contributed by atoms with Crippen LogP contribution in [0.4, 0.5) is 5.13 Å². The zero-order valence-electron chi connectivity index (χ0n) is 11.2. The molecule has 0 aliphatic carbocycles. The molecule has 3 heterocycles. The van der Waals surface area contributed by atoms with Crippen molar-refractivity contribution in [1.29, 1.82) is 0 Å². The summed E-state index contributed by atoms with van der Waals surface area (Å²) < 4.78 is 5.41. The van der Waals surface area contributed by atoms with Gasteiger partial charge in [-0.15, -0.1) is 21.5 Å². The molecular weight excluding hydrogens is 292 g/mol. The van der Waals surface area contributed by atoms with Gasteiger partial charge in [-0.25, -0.2) is 4.98 Å². The smallest absolute Gasteiger partial charge is 0.206 e. The number of anilines is 1. The summed E-state index contributed by atoms with van der Waals surface area (Å²) in [5.74, 6) is 0.798. The van der Waals surface area contributed by atoms with Crippen molar-refractivity contribution in [2.24, 2.45) is 0 Å². The van der Waals surface area contributed by atoms with E-state index in [0.29, 0.717) is 0 Å². The number of furan rings is 1. The molecule has 0 aliphatic heterocycles. The molecule has 3 aromatic rings. The molecule has 0 atom stereocenters. The van der Waals surface area contributed by atoms with Crippen LogP contribution in [0.1, 0.15) is 19.5 Å². The minimum Gasteiger partial charge on any atom is -0.462 e. The molecule has 0 saturated heterocycles. The molecule has 0 radical (unpaired) electrons. The fourth-order valence-electron chi connectivity index (χ4n) is 1.80. The van der Waals surface area contributed by atoms with E-state index in [1.807, 2.05) is 19.1 Å². The van der Waals surface area contributed by atoms with Crippen molar-refractivity contribution in [1.82, 2.24) is 15.2 Å². The Morgan fingerprint density at radius 1 is 1.20 bits per heavy atom. The lowest BCUT2D eigenvalue weighted by atomic mass is 10.3. The Balaban J connectivity index is 1.99. The summed E-state index contributed by atoms with van der Waals surface area (Å²) >= 11 is 3.16. The number of thiazole rings is 1. The Hall–Kier alpha value is -1.73. The zero-order valence-corrected chi connectivity index (χ0v) is 12.8. The molecule has 1 N–H and O–H groups in total. The molecule has 3 aromatic heterocycles. The first-order chi connectivity index (χ1) is 9.81. The minimum absolute atomic E-state index is 0.798. The number of hydrogen-bond acceptors (Lipinski definition) is 7. The number of rotatable bonds is 5. The van der Waals surface area contributed by atoms with E-state index in [1.165, 1.54) is 0 Å². The summed E-state index contributed by atoms with van der Waals surface area (Å²) in [6.07, 6.45) is 2.53. The normalized spacial score (nSPS) is 10.9. The molecule has 0 saturated carbocycles. The van der Waals surface area contributed by atoms with Crippen molar-refractivity contribution in [2.75, 3.05) is 11.9 Å². The lowest BCUT2D eigenvalue weighted by Gasteiger charge is -1.93. The van der Waals surface area contributed by atoms with Crippen molar-refractivity contribution in [3.05, 3.63) is 24.1 Å². The second kappa shape index (κ2) is 5.72. The first kappa shape index (κ1) is 13.3. The van der Waals surface area contributed by atoms with Gasteiger partial charge in [-0.2, -0.15) is 0 Å². The molecule has 20 heavy (non-hydrogen) atoms. The van der Waals surface area contributed by atoms with Crippen molar-refractivity contribution in [2.45, 2.75) is 20.3 Å². The zero-order chi connectivity index (χ0) is 13.9. The number of aryl methyl sites for hydroxylation is 1. The van der Waals surface area contributed by atoms with E-state index in [1.54, 1.807) is 28.9 Å². The third-order valence-electron chi connectivity index (χ3n) is 2.71.